The zero-order valence-electron chi connectivity index (χ0n) is 20.0. The largest absolute Gasteiger partial charge is 0.491 e. The molecule has 0 fully saturated rings. The van der Waals surface area contributed by atoms with E-state index in [1.165, 1.54) is 11.3 Å². The normalized spacial score (nSPS) is 15.8. The Labute approximate surface area is 202 Å². The van der Waals surface area contributed by atoms with Crippen LogP contribution in [0.2, 0.25) is 0 Å². The smallest absolute Gasteiger partial charge is 0.338 e. The summed E-state index contributed by atoms with van der Waals surface area (Å²) in [5, 5.41) is 0. The molecule has 2 aromatic carbocycles. The van der Waals surface area contributed by atoms with Gasteiger partial charge in [-0.25, -0.2) is 9.79 Å². The lowest BCUT2D eigenvalue weighted by Gasteiger charge is -2.26. The second-order valence-electron chi connectivity index (χ2n) is 8.42. The number of thiazole rings is 1. The maximum absolute atomic E-state index is 13.7. The molecule has 1 atom stereocenters. The molecule has 0 amide bonds. The fourth-order valence-corrected chi connectivity index (χ4v) is 5.01. The van der Waals surface area contributed by atoms with Gasteiger partial charge in [0, 0.05) is 5.56 Å². The van der Waals surface area contributed by atoms with E-state index in [-0.39, 0.29) is 18.3 Å². The number of fused-ring (bicyclic) bond motifs is 1. The number of hydrogen-bond acceptors (Lipinski definition) is 6. The van der Waals surface area contributed by atoms with E-state index >= 15 is 0 Å². The van der Waals surface area contributed by atoms with Gasteiger partial charge in [-0.1, -0.05) is 59.4 Å². The fraction of sp³-hybridized carbons (Fsp3) is 0.296. The minimum atomic E-state index is -0.703. The van der Waals surface area contributed by atoms with Crippen molar-refractivity contribution in [1.82, 2.24) is 4.57 Å². The second-order valence-corrected chi connectivity index (χ2v) is 9.43. The van der Waals surface area contributed by atoms with Crippen LogP contribution in [0.1, 0.15) is 50.4 Å². The van der Waals surface area contributed by atoms with Crippen LogP contribution in [-0.4, -0.2) is 23.2 Å². The number of rotatable bonds is 6. The van der Waals surface area contributed by atoms with Crippen molar-refractivity contribution in [2.24, 2.45) is 4.99 Å². The van der Waals surface area contributed by atoms with Crippen LogP contribution in [0.25, 0.3) is 6.08 Å². The first kappa shape index (κ1) is 23.7. The molecule has 34 heavy (non-hydrogen) atoms. The minimum Gasteiger partial charge on any atom is -0.491 e. The van der Waals surface area contributed by atoms with Crippen molar-refractivity contribution in [3.8, 4) is 5.75 Å². The zero-order valence-corrected chi connectivity index (χ0v) is 20.8. The lowest BCUT2D eigenvalue weighted by molar-refractivity contribution is -0.139. The van der Waals surface area contributed by atoms with Gasteiger partial charge in [0.15, 0.2) is 4.80 Å². The molecule has 1 aliphatic rings. The molecule has 0 bridgehead atoms. The van der Waals surface area contributed by atoms with Crippen molar-refractivity contribution in [1.29, 1.82) is 0 Å². The van der Waals surface area contributed by atoms with Gasteiger partial charge in [0.25, 0.3) is 5.56 Å². The maximum Gasteiger partial charge on any atom is 0.338 e. The van der Waals surface area contributed by atoms with Crippen molar-refractivity contribution in [2.45, 2.75) is 46.8 Å². The number of aryl methyl sites for hydroxylation is 1. The van der Waals surface area contributed by atoms with E-state index < -0.39 is 12.0 Å². The van der Waals surface area contributed by atoms with E-state index in [4.69, 9.17) is 9.47 Å². The van der Waals surface area contributed by atoms with Crippen molar-refractivity contribution in [3.05, 3.63) is 96.2 Å². The highest BCUT2D eigenvalue weighted by molar-refractivity contribution is 7.07. The Balaban J connectivity index is 1.97. The van der Waals surface area contributed by atoms with Crippen molar-refractivity contribution < 1.29 is 14.3 Å². The van der Waals surface area contributed by atoms with E-state index in [1.807, 2.05) is 75.4 Å². The van der Waals surface area contributed by atoms with Gasteiger partial charge in [0.1, 0.15) is 11.8 Å². The Hall–Kier alpha value is -3.45. The topological polar surface area (TPSA) is 69.9 Å². The van der Waals surface area contributed by atoms with E-state index in [1.54, 1.807) is 18.4 Å². The number of hydrogen-bond donors (Lipinski definition) is 0. The summed E-state index contributed by atoms with van der Waals surface area (Å²) in [5.74, 6) is 0.132. The molecule has 0 radical (unpaired) electrons. The van der Waals surface area contributed by atoms with Crippen LogP contribution < -0.4 is 19.6 Å². The van der Waals surface area contributed by atoms with Gasteiger partial charge in [-0.15, -0.1) is 0 Å². The van der Waals surface area contributed by atoms with Crippen LogP contribution in [0.15, 0.2) is 69.6 Å². The highest BCUT2D eigenvalue weighted by Crippen LogP contribution is 2.36. The van der Waals surface area contributed by atoms with E-state index in [9.17, 15) is 9.59 Å². The highest BCUT2D eigenvalue weighted by Gasteiger charge is 2.35. The minimum absolute atomic E-state index is 0.0744. The van der Waals surface area contributed by atoms with Gasteiger partial charge in [0.2, 0.25) is 0 Å². The summed E-state index contributed by atoms with van der Waals surface area (Å²) in [6.45, 7) is 9.67. The molecule has 0 aliphatic carbocycles. The molecule has 6 nitrogen and oxygen atoms in total. The number of benzene rings is 2. The molecule has 7 heteroatoms. The number of carbonyl (C=O) groups is 1. The molecule has 0 spiro atoms. The Bertz CT molecular complexity index is 1430. The molecule has 3 aromatic rings. The molecule has 0 saturated heterocycles. The van der Waals surface area contributed by atoms with Crippen molar-refractivity contribution >= 4 is 23.4 Å². The number of esters is 1. The molecular weight excluding hydrogens is 448 g/mol. The van der Waals surface area contributed by atoms with E-state index in [0.29, 0.717) is 26.4 Å². The first-order valence-corrected chi connectivity index (χ1v) is 12.1. The number of ether oxygens (including phenoxy) is 2. The molecular formula is C27H28N2O4S. The zero-order chi connectivity index (χ0) is 24.4. The summed E-state index contributed by atoms with van der Waals surface area (Å²) in [7, 11) is 0. The number of para-hydroxylation sites is 1. The fourth-order valence-electron chi connectivity index (χ4n) is 3.97. The monoisotopic (exact) mass is 476 g/mol. The average molecular weight is 477 g/mol. The molecule has 1 aliphatic heterocycles. The third kappa shape index (κ3) is 4.61. The summed E-state index contributed by atoms with van der Waals surface area (Å²) in [6, 6.07) is 14.8. The predicted octanol–water partition coefficient (Wildman–Crippen LogP) is 3.89. The van der Waals surface area contributed by atoms with Gasteiger partial charge in [-0.3, -0.25) is 9.36 Å². The molecule has 0 saturated carbocycles. The standard InChI is InChI=1S/C27H28N2O4S/c1-6-32-26(31)23-18(5)28-27-29(24(23)20-9-7-8-10-21(20)33-16(2)3)25(30)22(34-27)15-19-13-11-17(4)12-14-19/h7-16,24H,6H2,1-5H3/b22-15+/t24-/m1/s1. The third-order valence-electron chi connectivity index (χ3n) is 5.47. The maximum atomic E-state index is 13.7. The first-order chi connectivity index (χ1) is 16.3. The lowest BCUT2D eigenvalue weighted by atomic mass is 9.95. The summed E-state index contributed by atoms with van der Waals surface area (Å²) >= 11 is 1.31. The van der Waals surface area contributed by atoms with E-state index in [2.05, 4.69) is 4.99 Å². The summed E-state index contributed by atoms with van der Waals surface area (Å²) in [6.07, 6.45) is 1.79. The van der Waals surface area contributed by atoms with Gasteiger partial charge in [-0.2, -0.15) is 0 Å². The Morgan fingerprint density at radius 1 is 1.15 bits per heavy atom. The van der Waals surface area contributed by atoms with Gasteiger partial charge < -0.3 is 9.47 Å². The molecule has 1 aromatic heterocycles. The summed E-state index contributed by atoms with van der Waals surface area (Å²) in [5.41, 5.74) is 3.47. The Morgan fingerprint density at radius 3 is 2.53 bits per heavy atom. The van der Waals surface area contributed by atoms with Crippen LogP contribution >= 0.6 is 11.3 Å². The van der Waals surface area contributed by atoms with E-state index in [0.717, 1.165) is 16.7 Å². The number of allylic oxidation sites excluding steroid dienone is 1. The Kier molecular flexibility index (Phi) is 6.84. The van der Waals surface area contributed by atoms with Gasteiger partial charge in [0.05, 0.1) is 28.5 Å². The average Bonchev–Trinajstić information content (AvgIpc) is 3.09. The first-order valence-electron chi connectivity index (χ1n) is 11.3. The number of nitrogens with zero attached hydrogens (tertiary/aromatic N) is 2. The molecule has 4 rings (SSSR count). The van der Waals surface area contributed by atoms with Gasteiger partial charge >= 0.3 is 5.97 Å². The lowest BCUT2D eigenvalue weighted by Crippen LogP contribution is -2.40. The molecule has 2 heterocycles. The van der Waals surface area contributed by atoms with Crippen LogP contribution in [0.5, 0.6) is 5.75 Å². The SMILES string of the molecule is CCOC(=O)C1=C(C)N=c2s/c(=C/c3ccc(C)cc3)c(=O)n2[C@@H]1c1ccccc1OC(C)C. The Morgan fingerprint density at radius 2 is 1.85 bits per heavy atom. The summed E-state index contributed by atoms with van der Waals surface area (Å²) in [4.78, 5) is 32.0. The van der Waals surface area contributed by atoms with Crippen molar-refractivity contribution in [2.75, 3.05) is 6.61 Å². The third-order valence-corrected chi connectivity index (χ3v) is 6.45. The molecule has 0 unspecified atom stereocenters. The summed E-state index contributed by atoms with van der Waals surface area (Å²) < 4.78 is 13.6. The highest BCUT2D eigenvalue weighted by atomic mass is 32.1. The second kappa shape index (κ2) is 9.81. The van der Waals surface area contributed by atoms with Crippen molar-refractivity contribution in [3.63, 3.8) is 0 Å². The van der Waals surface area contributed by atoms with Crippen LogP contribution in [0.4, 0.5) is 0 Å². The van der Waals surface area contributed by atoms with Crippen LogP contribution in [0, 0.1) is 6.92 Å². The van der Waals surface area contributed by atoms with Crippen LogP contribution in [-0.2, 0) is 9.53 Å². The molecule has 0 N–H and O–H groups in total. The number of aromatic nitrogens is 1. The predicted molar refractivity (Wildman–Crippen MR) is 134 cm³/mol. The van der Waals surface area contributed by atoms with Gasteiger partial charge in [-0.05, 0) is 52.3 Å². The number of carbonyl (C=O) groups excluding carboxylic acids is 1. The quantitative estimate of drug-likeness (QED) is 0.506. The van der Waals surface area contributed by atoms with Crippen LogP contribution in [0.3, 0.4) is 0 Å². The molecule has 176 valence electrons.